The number of anilines is 1. The first-order valence-electron chi connectivity index (χ1n) is 6.76. The highest BCUT2D eigenvalue weighted by Gasteiger charge is 2.20. The topological polar surface area (TPSA) is 106 Å². The van der Waals surface area contributed by atoms with Crippen LogP contribution < -0.4 is 16.5 Å². The molecule has 0 amide bonds. The maximum absolute atomic E-state index is 11.9. The molecule has 0 radical (unpaired) electrons. The molecular weight excluding hydrogens is 292 g/mol. The number of hydrogen-bond acceptors (Lipinski definition) is 4. The molecule has 0 saturated heterocycles. The molecule has 110 valence electrons. The second kappa shape index (κ2) is 5.51. The number of aromatic nitrogens is 1. The quantitative estimate of drug-likeness (QED) is 0.826. The number of nitrogen functional groups attached to an aromatic ring is 1. The van der Waals surface area contributed by atoms with Crippen molar-refractivity contribution < 1.29 is 0 Å². The van der Waals surface area contributed by atoms with E-state index in [0.717, 1.165) is 0 Å². The molecule has 0 aliphatic carbocycles. The summed E-state index contributed by atoms with van der Waals surface area (Å²) in [5.74, 6) is -0.0178. The van der Waals surface area contributed by atoms with Crippen LogP contribution in [-0.2, 0) is 0 Å². The number of benzene rings is 1. The molecule has 2 aromatic rings. The molecule has 0 atom stereocenters. The smallest absolute Gasteiger partial charge is 0.268 e. The molecule has 0 unspecified atom stereocenters. The van der Waals surface area contributed by atoms with Crippen LogP contribution in [0.4, 0.5) is 5.82 Å². The first-order chi connectivity index (χ1) is 10.3. The first-order valence-corrected chi connectivity index (χ1v) is 10.3. The van der Waals surface area contributed by atoms with E-state index >= 15 is 0 Å². The van der Waals surface area contributed by atoms with Crippen molar-refractivity contribution >= 4 is 19.1 Å². The van der Waals surface area contributed by atoms with Gasteiger partial charge in [-0.15, -0.1) is 0 Å². The molecule has 22 heavy (non-hydrogen) atoms. The zero-order chi connectivity index (χ0) is 16.5. The lowest BCUT2D eigenvalue weighted by molar-refractivity contribution is 1.21. The van der Waals surface area contributed by atoms with E-state index in [1.165, 1.54) is 5.19 Å². The summed E-state index contributed by atoms with van der Waals surface area (Å²) in [6.07, 6.45) is 0. The van der Waals surface area contributed by atoms with Crippen molar-refractivity contribution in [1.82, 2.24) is 4.98 Å². The van der Waals surface area contributed by atoms with Crippen molar-refractivity contribution in [1.29, 1.82) is 10.5 Å². The number of nitrogens with zero attached hydrogens (tertiary/aromatic N) is 2. The molecule has 1 heterocycles. The van der Waals surface area contributed by atoms with Crippen LogP contribution in [0.15, 0.2) is 29.1 Å². The molecule has 2 rings (SSSR count). The van der Waals surface area contributed by atoms with E-state index in [0.29, 0.717) is 11.1 Å². The second-order valence-electron chi connectivity index (χ2n) is 6.04. The Morgan fingerprint density at radius 3 is 2.05 bits per heavy atom. The van der Waals surface area contributed by atoms with Crippen molar-refractivity contribution in [3.8, 4) is 23.3 Å². The Morgan fingerprint density at radius 2 is 1.59 bits per heavy atom. The van der Waals surface area contributed by atoms with Gasteiger partial charge in [0.2, 0.25) is 0 Å². The average Bonchev–Trinajstić information content (AvgIpc) is 2.46. The fourth-order valence-electron chi connectivity index (χ4n) is 2.27. The zero-order valence-electron chi connectivity index (χ0n) is 12.7. The molecule has 0 aliphatic heterocycles. The molecule has 5 nitrogen and oxygen atoms in total. The van der Waals surface area contributed by atoms with E-state index in [2.05, 4.69) is 24.6 Å². The highest BCUT2D eigenvalue weighted by molar-refractivity contribution is 6.88. The number of nitrogens with one attached hydrogen (secondary N) is 1. The standard InChI is InChI=1S/C16H16N4OSi/c1-22(2,3)11-6-4-10(5-7-11)14-12(8-17)15(19)20-16(21)13(14)9-18/h4-7H,1-3H3,(H3,19,20,21). The van der Waals surface area contributed by atoms with Crippen LogP contribution in [0.2, 0.25) is 19.6 Å². The predicted molar refractivity (Wildman–Crippen MR) is 89.3 cm³/mol. The van der Waals surface area contributed by atoms with E-state index in [4.69, 9.17) is 5.73 Å². The Morgan fingerprint density at radius 1 is 1.05 bits per heavy atom. The lowest BCUT2D eigenvalue weighted by Gasteiger charge is -2.17. The molecule has 0 saturated carbocycles. The van der Waals surface area contributed by atoms with Gasteiger partial charge in [0.15, 0.2) is 0 Å². The van der Waals surface area contributed by atoms with Crippen molar-refractivity contribution in [3.63, 3.8) is 0 Å². The number of pyridine rings is 1. The van der Waals surface area contributed by atoms with Gasteiger partial charge in [-0.05, 0) is 5.56 Å². The third-order valence-corrected chi connectivity index (χ3v) is 5.57. The van der Waals surface area contributed by atoms with Crippen molar-refractivity contribution in [3.05, 3.63) is 45.7 Å². The lowest BCUT2D eigenvalue weighted by atomic mass is 9.97. The SMILES string of the molecule is C[Si](C)(C)c1ccc(-c2c(C#N)c(N)[nH]c(=O)c2C#N)cc1. The van der Waals surface area contributed by atoms with Crippen LogP contribution in [0.3, 0.4) is 0 Å². The van der Waals surface area contributed by atoms with Gasteiger partial charge < -0.3 is 10.7 Å². The van der Waals surface area contributed by atoms with E-state index < -0.39 is 13.6 Å². The largest absolute Gasteiger partial charge is 0.384 e. The average molecular weight is 308 g/mol. The molecule has 1 aromatic heterocycles. The van der Waals surface area contributed by atoms with E-state index in [1.54, 1.807) is 0 Å². The summed E-state index contributed by atoms with van der Waals surface area (Å²) in [5, 5.41) is 19.8. The lowest BCUT2D eigenvalue weighted by Crippen LogP contribution is -2.37. The van der Waals surface area contributed by atoms with Crippen molar-refractivity contribution in [2.45, 2.75) is 19.6 Å². The highest BCUT2D eigenvalue weighted by Crippen LogP contribution is 2.27. The van der Waals surface area contributed by atoms with E-state index in [9.17, 15) is 15.3 Å². The minimum absolute atomic E-state index is 0.0178. The molecule has 0 bridgehead atoms. The van der Waals surface area contributed by atoms with Gasteiger partial charge in [-0.2, -0.15) is 10.5 Å². The fourth-order valence-corrected chi connectivity index (χ4v) is 3.44. The number of nitrogens with two attached hydrogens (primary N) is 1. The first kappa shape index (κ1) is 15.6. The van der Waals surface area contributed by atoms with Crippen molar-refractivity contribution in [2.75, 3.05) is 5.73 Å². The van der Waals surface area contributed by atoms with E-state index in [-0.39, 0.29) is 16.9 Å². The van der Waals surface area contributed by atoms with Crippen molar-refractivity contribution in [2.24, 2.45) is 0 Å². The summed E-state index contributed by atoms with van der Waals surface area (Å²) in [4.78, 5) is 14.2. The highest BCUT2D eigenvalue weighted by atomic mass is 28.3. The maximum Gasteiger partial charge on any atom is 0.268 e. The fraction of sp³-hybridized carbons (Fsp3) is 0.188. The van der Waals surface area contributed by atoms with Gasteiger partial charge in [0, 0.05) is 5.56 Å². The number of nitriles is 2. The Kier molecular flexibility index (Phi) is 3.90. The number of aromatic amines is 1. The predicted octanol–water partition coefficient (Wildman–Crippen LogP) is 1.91. The van der Waals surface area contributed by atoms with Crippen LogP contribution in [0, 0.1) is 22.7 Å². The minimum Gasteiger partial charge on any atom is -0.384 e. The van der Waals surface area contributed by atoms with Gasteiger partial charge in [-0.3, -0.25) is 4.79 Å². The molecule has 1 aromatic carbocycles. The zero-order valence-corrected chi connectivity index (χ0v) is 13.7. The Hall–Kier alpha value is -2.83. The monoisotopic (exact) mass is 308 g/mol. The third kappa shape index (κ3) is 2.65. The minimum atomic E-state index is -1.45. The number of H-pyrrole nitrogens is 1. The molecule has 0 spiro atoms. The van der Waals surface area contributed by atoms with Gasteiger partial charge in [0.05, 0.1) is 8.07 Å². The summed E-state index contributed by atoms with van der Waals surface area (Å²) in [5.41, 5.74) is 6.11. The van der Waals surface area contributed by atoms with Gasteiger partial charge in [0.25, 0.3) is 5.56 Å². The van der Waals surface area contributed by atoms with Gasteiger partial charge in [-0.1, -0.05) is 49.1 Å². The summed E-state index contributed by atoms with van der Waals surface area (Å²) in [7, 11) is -1.45. The van der Waals surface area contributed by atoms with Crippen LogP contribution >= 0.6 is 0 Å². The molecule has 0 aliphatic rings. The van der Waals surface area contributed by atoms with Crippen LogP contribution in [-0.4, -0.2) is 13.1 Å². The maximum atomic E-state index is 11.9. The molecule has 3 N–H and O–H groups in total. The van der Waals surface area contributed by atoms with Gasteiger partial charge >= 0.3 is 0 Å². The molecular formula is C16H16N4OSi. The van der Waals surface area contributed by atoms with Crippen LogP contribution in [0.25, 0.3) is 11.1 Å². The Labute approximate surface area is 129 Å². The van der Waals surface area contributed by atoms with Gasteiger partial charge in [0.1, 0.15) is 29.1 Å². The van der Waals surface area contributed by atoms with Crippen LogP contribution in [0.5, 0.6) is 0 Å². The normalized spacial score (nSPS) is 10.8. The van der Waals surface area contributed by atoms with Crippen LogP contribution in [0.1, 0.15) is 11.1 Å². The van der Waals surface area contributed by atoms with Gasteiger partial charge in [-0.25, -0.2) is 0 Å². The Bertz CT molecular complexity index is 862. The third-order valence-electron chi connectivity index (χ3n) is 3.51. The number of hydrogen-bond donors (Lipinski definition) is 2. The summed E-state index contributed by atoms with van der Waals surface area (Å²) < 4.78 is 0. The molecule has 6 heteroatoms. The molecule has 0 fully saturated rings. The van der Waals surface area contributed by atoms with E-state index in [1.807, 2.05) is 36.4 Å². The summed E-state index contributed by atoms with van der Waals surface area (Å²) in [6, 6.07) is 11.5. The second-order valence-corrected chi connectivity index (χ2v) is 11.1. The Balaban J connectivity index is 2.75. The number of rotatable bonds is 2. The summed E-state index contributed by atoms with van der Waals surface area (Å²) >= 11 is 0. The summed E-state index contributed by atoms with van der Waals surface area (Å²) in [6.45, 7) is 6.69.